The molecule has 2 N–H and O–H groups in total. The van der Waals surface area contributed by atoms with Crippen molar-refractivity contribution in [3.8, 4) is 0 Å². The molecule has 1 atom stereocenters. The third-order valence-electron chi connectivity index (χ3n) is 3.13. The van der Waals surface area contributed by atoms with Gasteiger partial charge in [-0.1, -0.05) is 26.2 Å². The van der Waals surface area contributed by atoms with Gasteiger partial charge in [0.2, 0.25) is 6.29 Å². The highest BCUT2D eigenvalue weighted by Crippen LogP contribution is 2.22. The highest BCUT2D eigenvalue weighted by Gasteiger charge is 2.17. The molecule has 1 unspecified atom stereocenters. The van der Waals surface area contributed by atoms with Crippen molar-refractivity contribution in [1.82, 2.24) is 5.32 Å². The summed E-state index contributed by atoms with van der Waals surface area (Å²) in [6.45, 7) is 4.82. The van der Waals surface area contributed by atoms with Gasteiger partial charge in [0.15, 0.2) is 0 Å². The number of carboxylic acids is 1. The predicted octanol–water partition coefficient (Wildman–Crippen LogP) is 2.68. The van der Waals surface area contributed by atoms with Crippen molar-refractivity contribution in [1.29, 1.82) is 0 Å². The van der Waals surface area contributed by atoms with Crippen molar-refractivity contribution in [2.45, 2.75) is 65.6 Å². The first-order valence-electron chi connectivity index (χ1n) is 7.66. The van der Waals surface area contributed by atoms with Crippen molar-refractivity contribution in [3.63, 3.8) is 0 Å². The number of hydrogen-bond acceptors (Lipinski definition) is 5. The summed E-state index contributed by atoms with van der Waals surface area (Å²) in [6, 6.07) is 0. The van der Waals surface area contributed by atoms with E-state index in [0.29, 0.717) is 18.9 Å². The summed E-state index contributed by atoms with van der Waals surface area (Å²) >= 11 is 0. The Labute approximate surface area is 131 Å². The molecule has 0 saturated heterocycles. The largest absolute Gasteiger partial charge is 0.481 e. The van der Waals surface area contributed by atoms with Crippen molar-refractivity contribution in [2.75, 3.05) is 6.54 Å². The van der Waals surface area contributed by atoms with E-state index in [1.54, 1.807) is 6.92 Å². The van der Waals surface area contributed by atoms with Crippen LogP contribution in [0.1, 0.15) is 59.3 Å². The molecule has 7 heteroatoms. The highest BCUT2D eigenvalue weighted by atomic mass is 16.7. The number of esters is 1. The van der Waals surface area contributed by atoms with Crippen molar-refractivity contribution >= 4 is 18.0 Å². The first-order chi connectivity index (χ1) is 10.3. The summed E-state index contributed by atoms with van der Waals surface area (Å²) in [4.78, 5) is 31.3. The van der Waals surface area contributed by atoms with Gasteiger partial charge in [0, 0.05) is 26.8 Å². The fraction of sp³-hybridized carbons (Fsp3) is 0.800. The average molecular weight is 317 g/mol. The summed E-state index contributed by atoms with van der Waals surface area (Å²) in [6.07, 6.45) is 5.28. The minimum Gasteiger partial charge on any atom is -0.481 e. The lowest BCUT2D eigenvalue weighted by atomic mass is 9.89. The van der Waals surface area contributed by atoms with Crippen LogP contribution in [0, 0.1) is 5.92 Å². The lowest BCUT2D eigenvalue weighted by Crippen LogP contribution is -2.34. The lowest BCUT2D eigenvalue weighted by molar-refractivity contribution is -0.165. The second kappa shape index (κ2) is 11.8. The molecule has 0 bridgehead atoms. The van der Waals surface area contributed by atoms with Crippen LogP contribution in [0.4, 0.5) is 4.79 Å². The van der Waals surface area contributed by atoms with E-state index in [0.717, 1.165) is 6.92 Å². The van der Waals surface area contributed by atoms with E-state index < -0.39 is 24.3 Å². The van der Waals surface area contributed by atoms with Gasteiger partial charge < -0.3 is 19.9 Å². The first-order valence-corrected chi connectivity index (χ1v) is 7.66. The summed E-state index contributed by atoms with van der Waals surface area (Å²) in [7, 11) is 0. The van der Waals surface area contributed by atoms with E-state index in [2.05, 4.69) is 5.32 Å². The van der Waals surface area contributed by atoms with Crippen LogP contribution in [0.3, 0.4) is 0 Å². The van der Waals surface area contributed by atoms with Crippen LogP contribution in [-0.2, 0) is 19.1 Å². The van der Waals surface area contributed by atoms with E-state index in [4.69, 9.17) is 19.4 Å². The summed E-state index contributed by atoms with van der Waals surface area (Å²) < 4.78 is 9.85. The maximum atomic E-state index is 11.5. The molecule has 128 valence electrons. The average Bonchev–Trinajstić information content (AvgIpc) is 2.44. The van der Waals surface area contributed by atoms with Crippen molar-refractivity contribution < 1.29 is 29.0 Å². The van der Waals surface area contributed by atoms with Gasteiger partial charge in [-0.25, -0.2) is 4.79 Å². The molecule has 0 aliphatic heterocycles. The molecule has 1 aliphatic rings. The summed E-state index contributed by atoms with van der Waals surface area (Å²) in [5.41, 5.74) is 0. The number of hydrogen-bond donors (Lipinski definition) is 2. The zero-order valence-corrected chi connectivity index (χ0v) is 13.6. The number of alkyl carbamates (subject to hydrolysis) is 1. The Bertz CT molecular complexity index is 348. The molecule has 1 fully saturated rings. The fourth-order valence-electron chi connectivity index (χ4n) is 2.16. The molecular weight excluding hydrogens is 290 g/mol. The molecule has 1 saturated carbocycles. The Balaban J connectivity index is 0.000000980. The maximum absolute atomic E-state index is 11.5. The van der Waals surface area contributed by atoms with Crippen LogP contribution in [-0.4, -0.2) is 36.0 Å². The molecular formula is C15H27NO6. The third-order valence-corrected chi connectivity index (χ3v) is 3.13. The number of carboxylic acid groups (broad SMARTS) is 1. The molecule has 1 aliphatic carbocycles. The lowest BCUT2D eigenvalue weighted by Gasteiger charge is -2.22. The Hall–Kier alpha value is -1.79. The molecule has 0 heterocycles. The Morgan fingerprint density at radius 1 is 1.14 bits per heavy atom. The zero-order valence-electron chi connectivity index (χ0n) is 13.6. The van der Waals surface area contributed by atoms with Gasteiger partial charge in [0.25, 0.3) is 5.97 Å². The molecule has 0 aromatic rings. The normalized spacial score (nSPS) is 15.8. The van der Waals surface area contributed by atoms with E-state index in [-0.39, 0.29) is 0 Å². The molecule has 0 aromatic carbocycles. The van der Waals surface area contributed by atoms with Crippen LogP contribution < -0.4 is 5.32 Å². The third kappa shape index (κ3) is 12.0. The molecule has 0 spiro atoms. The van der Waals surface area contributed by atoms with Crippen LogP contribution in [0.2, 0.25) is 0 Å². The molecule has 1 amide bonds. The Kier molecular flexibility index (Phi) is 10.9. The van der Waals surface area contributed by atoms with Gasteiger partial charge in [-0.05, 0) is 18.8 Å². The molecule has 22 heavy (non-hydrogen) atoms. The van der Waals surface area contributed by atoms with Gasteiger partial charge >= 0.3 is 12.1 Å². The number of amides is 1. The molecule has 7 nitrogen and oxygen atoms in total. The van der Waals surface area contributed by atoms with E-state index in [1.165, 1.54) is 39.0 Å². The highest BCUT2D eigenvalue weighted by molar-refractivity contribution is 5.68. The van der Waals surface area contributed by atoms with Gasteiger partial charge in [-0.15, -0.1) is 0 Å². The quantitative estimate of drug-likeness (QED) is 0.597. The predicted molar refractivity (Wildman–Crippen MR) is 80.2 cm³/mol. The number of nitrogens with one attached hydrogen (secondary N) is 1. The van der Waals surface area contributed by atoms with Crippen LogP contribution >= 0.6 is 0 Å². The Morgan fingerprint density at radius 2 is 1.68 bits per heavy atom. The van der Waals surface area contributed by atoms with Gasteiger partial charge in [-0.2, -0.15) is 0 Å². The SMILES string of the molecule is CC(=O)O.CCC(OC(C)=O)OC(=O)NCC1CCCCC1. The van der Waals surface area contributed by atoms with Crippen molar-refractivity contribution in [2.24, 2.45) is 5.92 Å². The number of aliphatic carboxylic acids is 1. The minimum absolute atomic E-state index is 0.443. The van der Waals surface area contributed by atoms with Crippen LogP contribution in [0.5, 0.6) is 0 Å². The fourth-order valence-corrected chi connectivity index (χ4v) is 2.16. The molecule has 0 radical (unpaired) electrons. The number of carbonyl (C=O) groups is 3. The monoisotopic (exact) mass is 317 g/mol. The second-order valence-electron chi connectivity index (χ2n) is 5.26. The number of rotatable bonds is 5. The Morgan fingerprint density at radius 3 is 2.14 bits per heavy atom. The zero-order chi connectivity index (χ0) is 17.0. The van der Waals surface area contributed by atoms with Crippen LogP contribution in [0.15, 0.2) is 0 Å². The minimum atomic E-state index is -0.833. The number of carbonyl (C=O) groups excluding carboxylic acids is 2. The van der Waals surface area contributed by atoms with Gasteiger partial charge in [0.05, 0.1) is 0 Å². The van der Waals surface area contributed by atoms with Crippen molar-refractivity contribution in [3.05, 3.63) is 0 Å². The van der Waals surface area contributed by atoms with Crippen LogP contribution in [0.25, 0.3) is 0 Å². The van der Waals surface area contributed by atoms with Gasteiger partial charge in [0.1, 0.15) is 0 Å². The topological polar surface area (TPSA) is 102 Å². The smallest absolute Gasteiger partial charge is 0.410 e. The molecule has 1 rings (SSSR count). The van der Waals surface area contributed by atoms with Gasteiger partial charge in [-0.3, -0.25) is 9.59 Å². The molecule has 0 aromatic heterocycles. The van der Waals surface area contributed by atoms with E-state index in [9.17, 15) is 9.59 Å². The second-order valence-corrected chi connectivity index (χ2v) is 5.26. The van der Waals surface area contributed by atoms with E-state index in [1.807, 2.05) is 0 Å². The maximum Gasteiger partial charge on any atom is 0.410 e. The standard InChI is InChI=1S/C13H23NO4.C2H4O2/c1-3-12(17-10(2)15)18-13(16)14-9-11-7-5-4-6-8-11;1-2(3)4/h11-12H,3-9H2,1-2H3,(H,14,16);1H3,(H,3,4). The first kappa shape index (κ1) is 20.2. The summed E-state index contributed by atoms with van der Waals surface area (Å²) in [5, 5.41) is 10.2. The van der Waals surface area contributed by atoms with E-state index >= 15 is 0 Å². The number of ether oxygens (including phenoxy) is 2. The summed E-state index contributed by atoms with van der Waals surface area (Å²) in [5.74, 6) is -0.720.